The number of hydrogen-bond donors (Lipinski definition) is 1. The Morgan fingerprint density at radius 3 is 1.88 bits per heavy atom. The highest BCUT2D eigenvalue weighted by Gasteiger charge is 2.42. The molecule has 0 aromatic heterocycles. The molecule has 2 aromatic carbocycles. The number of benzene rings is 2. The van der Waals surface area contributed by atoms with Crippen molar-refractivity contribution in [1.29, 1.82) is 0 Å². The first-order chi connectivity index (χ1) is 16.6. The first-order valence-electron chi connectivity index (χ1n) is 13.0. The third-order valence-electron chi connectivity index (χ3n) is 8.88. The topological polar surface area (TPSA) is 35.6 Å². The number of nitrogens with zero attached hydrogens (tertiary/aromatic N) is 2. The van der Waals surface area contributed by atoms with Gasteiger partial charge in [0.2, 0.25) is 5.91 Å². The molecule has 178 valence electrons. The molecule has 0 bridgehead atoms. The minimum Gasteiger partial charge on any atom is -0.359 e. The van der Waals surface area contributed by atoms with Gasteiger partial charge in [-0.3, -0.25) is 4.79 Å². The van der Waals surface area contributed by atoms with Crippen molar-refractivity contribution in [3.05, 3.63) is 70.8 Å². The van der Waals surface area contributed by atoms with Gasteiger partial charge in [0, 0.05) is 38.6 Å². The molecule has 0 radical (unpaired) electrons. The number of piperidine rings is 1. The summed E-state index contributed by atoms with van der Waals surface area (Å²) in [6.45, 7) is 3.90. The van der Waals surface area contributed by atoms with E-state index in [0.29, 0.717) is 29.7 Å². The number of nitrogens with one attached hydrogen (secondary N) is 1. The minimum absolute atomic E-state index is 0.324. The highest BCUT2D eigenvalue weighted by molar-refractivity contribution is 7.80. The Morgan fingerprint density at radius 2 is 1.32 bits per heavy atom. The summed E-state index contributed by atoms with van der Waals surface area (Å²) >= 11 is 5.84. The second kappa shape index (κ2) is 8.99. The van der Waals surface area contributed by atoms with Crippen LogP contribution in [0.15, 0.2) is 48.5 Å². The molecule has 4 nitrogen and oxygen atoms in total. The van der Waals surface area contributed by atoms with Crippen LogP contribution in [0.5, 0.6) is 0 Å². The zero-order valence-electron chi connectivity index (χ0n) is 20.0. The number of rotatable bonds is 3. The van der Waals surface area contributed by atoms with E-state index in [9.17, 15) is 4.79 Å². The Kier molecular flexibility index (Phi) is 5.84. The number of carbonyl (C=O) groups is 1. The lowest BCUT2D eigenvalue weighted by Crippen LogP contribution is -2.47. The minimum atomic E-state index is 0.324. The summed E-state index contributed by atoms with van der Waals surface area (Å²) in [4.78, 5) is 17.6. The largest absolute Gasteiger partial charge is 0.359 e. The predicted octanol–water partition coefficient (Wildman–Crippen LogP) is 4.15. The lowest BCUT2D eigenvalue weighted by molar-refractivity contribution is -0.134. The highest BCUT2D eigenvalue weighted by Crippen LogP contribution is 2.41. The van der Waals surface area contributed by atoms with Crippen molar-refractivity contribution in [1.82, 2.24) is 15.1 Å². The first kappa shape index (κ1) is 22.1. The van der Waals surface area contributed by atoms with Crippen molar-refractivity contribution in [3.8, 4) is 0 Å². The monoisotopic (exact) mass is 473 g/mol. The van der Waals surface area contributed by atoms with E-state index < -0.39 is 0 Å². The molecule has 1 spiro atoms. The Bertz CT molecular complexity index is 1040. The van der Waals surface area contributed by atoms with E-state index >= 15 is 0 Å². The Labute approximate surface area is 208 Å². The number of thiocarbonyl (C=S) groups is 1. The van der Waals surface area contributed by atoms with E-state index in [2.05, 4.69) is 63.6 Å². The molecule has 5 heteroatoms. The second-order valence-electron chi connectivity index (χ2n) is 11.1. The number of hydrogen-bond acceptors (Lipinski definition) is 2. The summed E-state index contributed by atoms with van der Waals surface area (Å²) in [6.07, 6.45) is 8.37. The van der Waals surface area contributed by atoms with Gasteiger partial charge in [0.05, 0.1) is 0 Å². The van der Waals surface area contributed by atoms with Crippen molar-refractivity contribution in [3.63, 3.8) is 0 Å². The molecular weight excluding hydrogens is 438 g/mol. The van der Waals surface area contributed by atoms with E-state index in [4.69, 9.17) is 12.2 Å². The zero-order chi connectivity index (χ0) is 23.1. The van der Waals surface area contributed by atoms with E-state index in [1.165, 1.54) is 28.7 Å². The maximum absolute atomic E-state index is 13.1. The zero-order valence-corrected chi connectivity index (χ0v) is 20.8. The van der Waals surface area contributed by atoms with Crippen molar-refractivity contribution in [2.24, 2.45) is 11.3 Å². The van der Waals surface area contributed by atoms with Gasteiger partial charge in [-0.25, -0.2) is 0 Å². The standard InChI is InChI=1S/C29H35N3OS/c33-27(17-21-15-22-5-1-2-6-23(22)16-21)31-12-9-29(10-13-31)11-14-32(20-29)28(34)30-26-18-24-7-3-4-8-25(24)19-26/h1-8,21,26H,9-20H2,(H,30,34). The van der Waals surface area contributed by atoms with Gasteiger partial charge in [0.15, 0.2) is 5.11 Å². The molecule has 2 heterocycles. The van der Waals surface area contributed by atoms with Gasteiger partial charge in [-0.05, 0) is 90.8 Å². The molecular formula is C29H35N3OS. The second-order valence-corrected chi connectivity index (χ2v) is 11.5. The van der Waals surface area contributed by atoms with Crippen molar-refractivity contribution < 1.29 is 4.79 Å². The molecule has 34 heavy (non-hydrogen) atoms. The molecule has 0 unspecified atom stereocenters. The number of fused-ring (bicyclic) bond motifs is 2. The number of amides is 1. The van der Waals surface area contributed by atoms with Gasteiger partial charge in [0.25, 0.3) is 0 Å². The van der Waals surface area contributed by atoms with Crippen LogP contribution in [0.3, 0.4) is 0 Å². The summed E-state index contributed by atoms with van der Waals surface area (Å²) in [5.74, 6) is 0.841. The molecule has 1 N–H and O–H groups in total. The van der Waals surface area contributed by atoms with E-state index in [1.54, 1.807) is 0 Å². The molecule has 2 aliphatic carbocycles. The molecule has 1 amide bonds. The Morgan fingerprint density at radius 1 is 0.824 bits per heavy atom. The van der Waals surface area contributed by atoms with Crippen LogP contribution in [0.25, 0.3) is 0 Å². The van der Waals surface area contributed by atoms with Crippen LogP contribution >= 0.6 is 12.2 Å². The summed E-state index contributed by atoms with van der Waals surface area (Å²) in [5, 5.41) is 4.58. The molecule has 2 aromatic rings. The SMILES string of the molecule is O=C(CC1Cc2ccccc2C1)N1CCC2(CC1)CCN(C(=S)NC1Cc3ccccc3C1)C2. The fraction of sp³-hybridized carbons (Fsp3) is 0.517. The predicted molar refractivity (Wildman–Crippen MR) is 140 cm³/mol. The van der Waals surface area contributed by atoms with Crippen LogP contribution in [0.1, 0.15) is 47.9 Å². The smallest absolute Gasteiger partial charge is 0.222 e. The molecule has 0 atom stereocenters. The third kappa shape index (κ3) is 4.35. The summed E-state index contributed by atoms with van der Waals surface area (Å²) in [5.41, 5.74) is 6.12. The summed E-state index contributed by atoms with van der Waals surface area (Å²) in [7, 11) is 0. The fourth-order valence-corrected chi connectivity index (χ4v) is 7.17. The third-order valence-corrected chi connectivity index (χ3v) is 9.26. The molecule has 2 fully saturated rings. The number of likely N-dealkylation sites (tertiary alicyclic amines) is 2. The van der Waals surface area contributed by atoms with E-state index in [1.807, 2.05) is 0 Å². The molecule has 4 aliphatic rings. The summed E-state index contributed by atoms with van der Waals surface area (Å²) in [6, 6.07) is 17.8. The molecule has 0 saturated carbocycles. The van der Waals surface area contributed by atoms with Gasteiger partial charge in [-0.1, -0.05) is 48.5 Å². The average Bonchev–Trinajstić information content (AvgIpc) is 3.55. The van der Waals surface area contributed by atoms with Crippen LogP contribution in [0.4, 0.5) is 0 Å². The van der Waals surface area contributed by atoms with E-state index in [0.717, 1.165) is 69.8 Å². The molecule has 2 aliphatic heterocycles. The van der Waals surface area contributed by atoms with Crippen LogP contribution in [-0.4, -0.2) is 53.0 Å². The number of carbonyl (C=O) groups excluding carboxylic acids is 1. The van der Waals surface area contributed by atoms with Gasteiger partial charge < -0.3 is 15.1 Å². The van der Waals surface area contributed by atoms with Gasteiger partial charge in [0.1, 0.15) is 0 Å². The quantitative estimate of drug-likeness (QED) is 0.680. The fourth-order valence-electron chi connectivity index (χ4n) is 6.84. The van der Waals surface area contributed by atoms with Gasteiger partial charge in [-0.15, -0.1) is 0 Å². The van der Waals surface area contributed by atoms with Crippen LogP contribution in [-0.2, 0) is 30.5 Å². The van der Waals surface area contributed by atoms with E-state index in [-0.39, 0.29) is 0 Å². The normalized spacial score (nSPS) is 21.6. The van der Waals surface area contributed by atoms with Gasteiger partial charge in [-0.2, -0.15) is 0 Å². The van der Waals surface area contributed by atoms with Crippen LogP contribution in [0.2, 0.25) is 0 Å². The maximum Gasteiger partial charge on any atom is 0.222 e. The maximum atomic E-state index is 13.1. The van der Waals surface area contributed by atoms with Crippen LogP contribution < -0.4 is 5.32 Å². The summed E-state index contributed by atoms with van der Waals surface area (Å²) < 4.78 is 0. The highest BCUT2D eigenvalue weighted by atomic mass is 32.1. The molecule has 2 saturated heterocycles. The van der Waals surface area contributed by atoms with Crippen molar-refractivity contribution in [2.75, 3.05) is 26.2 Å². The lowest BCUT2D eigenvalue weighted by atomic mass is 9.77. The van der Waals surface area contributed by atoms with Gasteiger partial charge >= 0.3 is 0 Å². The first-order valence-corrected chi connectivity index (χ1v) is 13.4. The Balaban J connectivity index is 0.972. The lowest BCUT2D eigenvalue weighted by Gasteiger charge is -2.39. The average molecular weight is 474 g/mol. The van der Waals surface area contributed by atoms with Crippen molar-refractivity contribution >= 4 is 23.2 Å². The molecule has 6 rings (SSSR count). The van der Waals surface area contributed by atoms with Crippen molar-refractivity contribution in [2.45, 2.75) is 57.4 Å². The van der Waals surface area contributed by atoms with Crippen LogP contribution in [0, 0.1) is 11.3 Å². The Hall–Kier alpha value is -2.40.